The fraction of sp³-hybridized carbons (Fsp3) is 0. The first kappa shape index (κ1) is 339. The van der Waals surface area contributed by atoms with E-state index in [1.807, 2.05) is 0 Å². The van der Waals surface area contributed by atoms with Gasteiger partial charge in [0.15, 0.2) is 0 Å². The fourth-order valence-electron chi connectivity index (χ4n) is 0. The summed E-state index contributed by atoms with van der Waals surface area (Å²) in [6.07, 6.45) is 0. The maximum Gasteiger partial charge on any atom is 2.00 e. The molecule has 0 aliphatic carbocycles. The molecule has 0 unspecified atom stereocenters. The molecule has 6 heavy (non-hydrogen) atoms. The van der Waals surface area contributed by atoms with E-state index in [9.17, 15) is 0 Å². The van der Waals surface area contributed by atoms with E-state index in [-0.39, 0.29) is 54.9 Å². The summed E-state index contributed by atoms with van der Waals surface area (Å²) in [7, 11) is 0. The maximum atomic E-state index is 0. The second kappa shape index (κ2) is 199. The van der Waals surface area contributed by atoms with Gasteiger partial charge in [-0.2, -0.15) is 0 Å². The van der Waals surface area contributed by atoms with Crippen molar-refractivity contribution >= 4 is 0 Å². The normalized spacial score (nSPS) is 0. The van der Waals surface area contributed by atoms with E-state index in [2.05, 4.69) is 0 Å². The summed E-state index contributed by atoms with van der Waals surface area (Å²) in [6.45, 7) is 0. The van der Waals surface area contributed by atoms with Gasteiger partial charge in [0.05, 0.1) is 0 Å². The summed E-state index contributed by atoms with van der Waals surface area (Å²) >= 11 is 0. The van der Waals surface area contributed by atoms with Gasteiger partial charge in [-0.05, 0) is 0 Å². The molecule has 6 heteroatoms. The van der Waals surface area contributed by atoms with Gasteiger partial charge in [-0.3, -0.25) is 0 Å². The number of hydrogen-bond donors (Lipinski definition) is 0. The molecule has 0 amide bonds. The Balaban J connectivity index is 0. The van der Waals surface area contributed by atoms with E-state index in [4.69, 9.17) is 0 Å². The Hall–Kier alpha value is 0.827. The van der Waals surface area contributed by atoms with Crippen LogP contribution in [0, 0.1) is 0 Å². The molecule has 4 nitrogen and oxygen atoms in total. The molecule has 0 radical (unpaired) electrons. The third-order valence-electron chi connectivity index (χ3n) is 0. The minimum Gasteiger partial charge on any atom is -0.870 e. The van der Waals surface area contributed by atoms with Crippen LogP contribution in [0.2, 0.25) is 0 Å². The van der Waals surface area contributed by atoms with Crippen LogP contribution >= 0.6 is 0 Å². The monoisotopic (exact) mass is 186 g/mol. The number of hydrogen-bond acceptors (Lipinski definition) is 2. The van der Waals surface area contributed by atoms with Crippen molar-refractivity contribution in [3.05, 3.63) is 0 Å². The van der Waals surface area contributed by atoms with Crippen molar-refractivity contribution < 1.29 is 54.9 Å². The average molecular weight is 187 g/mol. The largest absolute Gasteiger partial charge is 2.00 e. The first-order chi connectivity index (χ1) is 0. The van der Waals surface area contributed by atoms with Crippen LogP contribution in [0.3, 0.4) is 0 Å². The van der Waals surface area contributed by atoms with Gasteiger partial charge in [0.1, 0.15) is 0 Å². The summed E-state index contributed by atoms with van der Waals surface area (Å²) in [5.41, 5.74) is 0. The molecular weight excluding hydrogens is 181 g/mol. The molecule has 0 heterocycles. The van der Waals surface area contributed by atoms with E-state index in [0.29, 0.717) is 0 Å². The van der Waals surface area contributed by atoms with Crippen LogP contribution in [0.25, 0.3) is 0 Å². The zero-order valence-electron chi connectivity index (χ0n) is 2.53. The Kier molecular flexibility index (Phi) is 11200. The average Bonchev–Trinajstić information content (AvgIpc) is 0. The second-order valence-electron chi connectivity index (χ2n) is 0. The molecule has 0 aliphatic heterocycles. The van der Waals surface area contributed by atoms with Crippen molar-refractivity contribution in [2.24, 2.45) is 0 Å². The van der Waals surface area contributed by atoms with Crippen molar-refractivity contribution in [3.8, 4) is 0 Å². The maximum absolute atomic E-state index is 0. The van der Waals surface area contributed by atoms with Crippen molar-refractivity contribution in [3.63, 3.8) is 0 Å². The van der Waals surface area contributed by atoms with Crippen LogP contribution in [-0.4, -0.2) is 21.9 Å². The summed E-state index contributed by atoms with van der Waals surface area (Å²) < 4.78 is 0. The Morgan fingerprint density at radius 1 is 0.667 bits per heavy atom. The van der Waals surface area contributed by atoms with Gasteiger partial charge in [-0.1, -0.05) is 0 Å². The molecule has 0 aromatic heterocycles. The van der Waals surface area contributed by atoms with Crippen LogP contribution in [0.15, 0.2) is 0 Å². The van der Waals surface area contributed by atoms with Crippen LogP contribution in [0.1, 0.15) is 0 Å². The Bertz CT molecular complexity index is 5.51. The molecule has 0 fully saturated rings. The quantitative estimate of drug-likeness (QED) is 0.407. The topological polar surface area (TPSA) is 123 Å². The smallest absolute Gasteiger partial charge is 0.870 e. The van der Waals surface area contributed by atoms with Gasteiger partial charge >= 0.3 is 16.5 Å². The molecule has 0 aromatic rings. The molecule has 0 aliphatic rings. The molecule has 0 aromatic carbocycles. The van der Waals surface area contributed by atoms with Gasteiger partial charge in [-0.25, -0.2) is 0 Å². The SMILES string of the molecule is O.O.[Ni+2].[Ni].[OH-].[OH-]. The van der Waals surface area contributed by atoms with E-state index < -0.39 is 0 Å². The van der Waals surface area contributed by atoms with Crippen LogP contribution in [-0.2, 0) is 33.0 Å². The third kappa shape index (κ3) is 103. The minimum atomic E-state index is 0. The Labute approximate surface area is 55.4 Å². The van der Waals surface area contributed by atoms with Gasteiger partial charge < -0.3 is 21.9 Å². The zero-order chi connectivity index (χ0) is 0. The molecule has 0 rings (SSSR count). The van der Waals surface area contributed by atoms with Crippen molar-refractivity contribution in [2.45, 2.75) is 0 Å². The summed E-state index contributed by atoms with van der Waals surface area (Å²) in [5, 5.41) is 0. The van der Waals surface area contributed by atoms with E-state index >= 15 is 0 Å². The molecule has 0 atom stereocenters. The van der Waals surface area contributed by atoms with Crippen LogP contribution in [0.4, 0.5) is 0 Å². The van der Waals surface area contributed by atoms with Crippen molar-refractivity contribution in [1.29, 1.82) is 0 Å². The van der Waals surface area contributed by atoms with Gasteiger partial charge in [0, 0.05) is 16.5 Å². The predicted molar refractivity (Wildman–Crippen MR) is 11.1 cm³/mol. The third-order valence-corrected chi connectivity index (χ3v) is 0. The molecule has 0 saturated heterocycles. The molecule has 6 N–H and O–H groups in total. The minimum absolute atomic E-state index is 0. The van der Waals surface area contributed by atoms with Crippen LogP contribution < -0.4 is 0 Å². The molecule has 0 spiro atoms. The van der Waals surface area contributed by atoms with Crippen molar-refractivity contribution in [1.82, 2.24) is 0 Å². The van der Waals surface area contributed by atoms with Gasteiger partial charge in [0.25, 0.3) is 0 Å². The molecule has 0 saturated carbocycles. The zero-order valence-corrected chi connectivity index (χ0v) is 4.50. The van der Waals surface area contributed by atoms with E-state index in [0.717, 1.165) is 0 Å². The predicted octanol–water partition coefficient (Wildman–Crippen LogP) is -2.01. The second-order valence-corrected chi connectivity index (χ2v) is 0. The van der Waals surface area contributed by atoms with E-state index in [1.54, 1.807) is 0 Å². The molecular formula is H6Ni2O4. The molecule has 0 bridgehead atoms. The molecule has 50 valence electrons. The standard InChI is InChI=1S/2Ni.4H2O/h;;4*1H2/q;+2;;;;/p-2. The van der Waals surface area contributed by atoms with Gasteiger partial charge in [0.2, 0.25) is 0 Å². The fourth-order valence-corrected chi connectivity index (χ4v) is 0. The van der Waals surface area contributed by atoms with E-state index in [1.165, 1.54) is 0 Å². The summed E-state index contributed by atoms with van der Waals surface area (Å²) in [6, 6.07) is 0. The summed E-state index contributed by atoms with van der Waals surface area (Å²) in [5.74, 6) is 0. The Morgan fingerprint density at radius 2 is 0.667 bits per heavy atom. The van der Waals surface area contributed by atoms with Crippen LogP contribution in [0.5, 0.6) is 0 Å². The van der Waals surface area contributed by atoms with Gasteiger partial charge in [-0.15, -0.1) is 0 Å². The number of rotatable bonds is 0. The first-order valence-electron chi connectivity index (χ1n) is 0. The van der Waals surface area contributed by atoms with Crippen molar-refractivity contribution in [2.75, 3.05) is 0 Å². The Morgan fingerprint density at radius 3 is 0.667 bits per heavy atom. The summed E-state index contributed by atoms with van der Waals surface area (Å²) in [4.78, 5) is 0. The first-order valence-corrected chi connectivity index (χ1v) is 0.